The van der Waals surface area contributed by atoms with E-state index in [2.05, 4.69) is 461 Å². The lowest BCUT2D eigenvalue weighted by Gasteiger charge is -2.18. The third kappa shape index (κ3) is 12.1. The van der Waals surface area contributed by atoms with E-state index in [1.165, 1.54) is 125 Å². The first kappa shape index (κ1) is 76.6. The molecule has 0 aliphatic rings. The molecular weight excluding hydrogens is 1650 g/mol. The van der Waals surface area contributed by atoms with Gasteiger partial charge >= 0.3 is 0 Å². The molecule has 0 bridgehead atoms. The molecule has 0 atom stereocenters. The summed E-state index contributed by atoms with van der Waals surface area (Å²) in [5.41, 5.74) is 29.6. The molecule has 29 rings (SSSR count). The van der Waals surface area contributed by atoms with Crippen LogP contribution >= 0.6 is 0 Å². The van der Waals surface area contributed by atoms with Crippen molar-refractivity contribution in [3.05, 3.63) is 473 Å². The molecule has 0 unspecified atom stereocenters. The van der Waals surface area contributed by atoms with Crippen LogP contribution in [0.3, 0.4) is 0 Å². The van der Waals surface area contributed by atoms with Crippen molar-refractivity contribution < 1.29 is 0 Å². The van der Waals surface area contributed by atoms with Crippen LogP contribution in [0.25, 0.3) is 275 Å². The Kier molecular flexibility index (Phi) is 17.3. The van der Waals surface area contributed by atoms with Gasteiger partial charge in [-0.2, -0.15) is 0 Å². The van der Waals surface area contributed by atoms with E-state index in [4.69, 9.17) is 19.9 Å². The van der Waals surface area contributed by atoms with E-state index >= 15 is 0 Å². The van der Waals surface area contributed by atoms with Crippen LogP contribution in [0.1, 0.15) is 0 Å². The summed E-state index contributed by atoms with van der Waals surface area (Å²) >= 11 is 0. The SMILES string of the molecule is c1ccc(-c2cc(-c3ccccc3)cc(-c3nc4ccccc4nc3-c3ccc(-n4c5cc6ccccc6cc5c5c(-n6c7ccccc7c7c8ccccc8ccc76)cccc54)c4ccccc34)c2)cc1.c1ccc2cc3c(cc2c1)c1c(-n2c4ccccc4c4c5ccccc5ccc42)cccc1n3-c1ccc2cc(-c3nc4ccccc4nc3-c3cccc4ccccc34)ccc2c1. The number of rotatable bonds is 10. The minimum Gasteiger partial charge on any atom is -0.309 e. The standard InChI is InChI=1S/C68H42N4.C60H36N4/c1-3-18-43(19-4-1)48-38-49(44-20-5-2-6-21-44)40-50(39-48)67-68(70-58-30-15-14-29-57(58)69-67)54-35-37-60(53-27-12-11-26-52(53)54)72-62-33-17-32-61(66(62)56-41-46-23-7-8-24-47(46)42-64(56)72)71-59-31-16-13-28-55(59)65-51-25-10-9-22-45(51)34-36-63(65)71;1-2-16-40-36-56-49(35-39(40)15-1)58-53(25-12-26-54(58)64-52-24-10-7-20-48(52)57-46-19-6-4-14-38(46)30-32-55(57)64)63(56)44-31-29-41-33-43(28-27-42(41)34-44)59-60(62-51-23-9-8-22-50(51)61-59)47-21-11-17-37-13-3-5-18-45(37)47/h1-42H;1-36H. The molecule has 0 saturated carbocycles. The molecule has 0 amide bonds. The Bertz CT molecular complexity index is 10000. The quantitative estimate of drug-likeness (QED) is 0.137. The molecule has 0 saturated heterocycles. The Morgan fingerprint density at radius 1 is 0.140 bits per heavy atom. The van der Waals surface area contributed by atoms with E-state index < -0.39 is 0 Å². The Labute approximate surface area is 780 Å². The van der Waals surface area contributed by atoms with E-state index in [1.54, 1.807) is 0 Å². The van der Waals surface area contributed by atoms with E-state index in [1.807, 2.05) is 30.3 Å². The van der Waals surface area contributed by atoms with E-state index in [0.29, 0.717) is 0 Å². The number of aromatic nitrogens is 8. The molecule has 0 spiro atoms. The van der Waals surface area contributed by atoms with Crippen molar-refractivity contribution in [3.63, 3.8) is 0 Å². The average molecular weight is 1730 g/mol. The zero-order valence-corrected chi connectivity index (χ0v) is 73.6. The predicted molar refractivity (Wildman–Crippen MR) is 572 cm³/mol. The lowest BCUT2D eigenvalue weighted by atomic mass is 9.92. The van der Waals surface area contributed by atoms with Crippen LogP contribution in [-0.2, 0) is 0 Å². The summed E-state index contributed by atoms with van der Waals surface area (Å²) < 4.78 is 9.95. The highest BCUT2D eigenvalue weighted by atomic mass is 15.0. The zero-order valence-electron chi connectivity index (χ0n) is 73.6. The minimum atomic E-state index is 0.841. The average Bonchev–Trinajstić information content (AvgIpc) is 1.54. The zero-order chi connectivity index (χ0) is 89.2. The molecule has 0 aliphatic carbocycles. The van der Waals surface area contributed by atoms with E-state index in [0.717, 1.165) is 150 Å². The Balaban J connectivity index is 0.000000136. The normalized spacial score (nSPS) is 12.0. The predicted octanol–water partition coefficient (Wildman–Crippen LogP) is 33.7. The van der Waals surface area contributed by atoms with Gasteiger partial charge in [0.15, 0.2) is 0 Å². The van der Waals surface area contributed by atoms with Gasteiger partial charge in [-0.3, -0.25) is 0 Å². The molecule has 29 aromatic rings. The summed E-state index contributed by atoms with van der Waals surface area (Å²) in [6, 6.07) is 172. The van der Waals surface area contributed by atoms with Gasteiger partial charge in [0, 0.05) is 76.4 Å². The molecule has 136 heavy (non-hydrogen) atoms. The Hall–Kier alpha value is -18.2. The number of para-hydroxylation sites is 6. The van der Waals surface area contributed by atoms with Crippen LogP contribution in [0, 0.1) is 0 Å². The highest BCUT2D eigenvalue weighted by Crippen LogP contribution is 2.50. The minimum absolute atomic E-state index is 0.841. The summed E-state index contributed by atoms with van der Waals surface area (Å²) in [6.07, 6.45) is 0. The molecule has 8 heteroatoms. The van der Waals surface area contributed by atoms with Gasteiger partial charge < -0.3 is 18.3 Å². The van der Waals surface area contributed by atoms with Gasteiger partial charge in [-0.1, -0.05) is 328 Å². The van der Waals surface area contributed by atoms with Crippen LogP contribution < -0.4 is 0 Å². The second kappa shape index (κ2) is 30.7. The second-order valence-corrected chi connectivity index (χ2v) is 35.8. The monoisotopic (exact) mass is 1730 g/mol. The summed E-state index contributed by atoms with van der Waals surface area (Å²) in [7, 11) is 0. The Morgan fingerprint density at radius 3 is 1.04 bits per heavy atom. The number of hydrogen-bond acceptors (Lipinski definition) is 4. The van der Waals surface area contributed by atoms with Crippen molar-refractivity contribution >= 4 is 185 Å². The summed E-state index contributed by atoms with van der Waals surface area (Å²) in [4.78, 5) is 21.6. The number of hydrogen-bond donors (Lipinski definition) is 0. The van der Waals surface area contributed by atoms with Gasteiger partial charge in [-0.05, 0) is 238 Å². The fraction of sp³-hybridized carbons (Fsp3) is 0. The molecule has 0 radical (unpaired) electrons. The van der Waals surface area contributed by atoms with Crippen molar-refractivity contribution in [2.24, 2.45) is 0 Å². The maximum Gasteiger partial charge on any atom is 0.0979 e. The third-order valence-corrected chi connectivity index (χ3v) is 28.2. The van der Waals surface area contributed by atoms with Crippen molar-refractivity contribution in [2.75, 3.05) is 0 Å². The highest BCUT2D eigenvalue weighted by Gasteiger charge is 2.28. The van der Waals surface area contributed by atoms with Crippen LogP contribution in [0.4, 0.5) is 0 Å². The molecule has 6 aromatic heterocycles. The molecule has 0 aliphatic heterocycles. The number of nitrogens with zero attached hydrogens (tertiary/aromatic N) is 8. The van der Waals surface area contributed by atoms with Gasteiger partial charge in [-0.15, -0.1) is 0 Å². The smallest absolute Gasteiger partial charge is 0.0979 e. The molecular formula is C128H78N8. The fourth-order valence-corrected chi connectivity index (χ4v) is 22.1. The molecule has 0 N–H and O–H groups in total. The van der Waals surface area contributed by atoms with Gasteiger partial charge in [0.1, 0.15) is 0 Å². The lowest BCUT2D eigenvalue weighted by Crippen LogP contribution is -2.00. The van der Waals surface area contributed by atoms with Crippen LogP contribution in [0.2, 0.25) is 0 Å². The molecule has 6 heterocycles. The molecule has 630 valence electrons. The van der Waals surface area contributed by atoms with Gasteiger partial charge in [0.25, 0.3) is 0 Å². The molecule has 23 aromatic carbocycles. The second-order valence-electron chi connectivity index (χ2n) is 35.8. The summed E-state index contributed by atoms with van der Waals surface area (Å²) in [5, 5.41) is 26.7. The van der Waals surface area contributed by atoms with Crippen LogP contribution in [0.15, 0.2) is 473 Å². The first-order valence-corrected chi connectivity index (χ1v) is 46.5. The Morgan fingerprint density at radius 2 is 0.493 bits per heavy atom. The largest absolute Gasteiger partial charge is 0.309 e. The van der Waals surface area contributed by atoms with Crippen LogP contribution in [0.5, 0.6) is 0 Å². The van der Waals surface area contributed by atoms with Gasteiger partial charge in [0.2, 0.25) is 0 Å². The lowest BCUT2D eigenvalue weighted by molar-refractivity contribution is 1.17. The summed E-state index contributed by atoms with van der Waals surface area (Å²) in [6.45, 7) is 0. The van der Waals surface area contributed by atoms with E-state index in [9.17, 15) is 0 Å². The number of benzene rings is 23. The molecule has 0 fully saturated rings. The number of fused-ring (bicyclic) bond motifs is 23. The first-order chi connectivity index (χ1) is 67.4. The topological polar surface area (TPSA) is 71.3 Å². The van der Waals surface area contributed by atoms with Crippen molar-refractivity contribution in [2.45, 2.75) is 0 Å². The van der Waals surface area contributed by atoms with Crippen molar-refractivity contribution in [1.82, 2.24) is 38.2 Å². The maximum atomic E-state index is 5.54. The van der Waals surface area contributed by atoms with Crippen molar-refractivity contribution in [1.29, 1.82) is 0 Å². The first-order valence-electron chi connectivity index (χ1n) is 46.5. The fourth-order valence-electron chi connectivity index (χ4n) is 22.1. The third-order valence-electron chi connectivity index (χ3n) is 28.2. The van der Waals surface area contributed by atoms with Gasteiger partial charge in [0.05, 0.1) is 106 Å². The van der Waals surface area contributed by atoms with Crippen molar-refractivity contribution in [3.8, 4) is 90.0 Å². The molecule has 8 nitrogen and oxygen atoms in total. The van der Waals surface area contributed by atoms with Gasteiger partial charge in [-0.25, -0.2) is 19.9 Å². The van der Waals surface area contributed by atoms with E-state index in [-0.39, 0.29) is 0 Å². The maximum absolute atomic E-state index is 5.54. The van der Waals surface area contributed by atoms with Crippen LogP contribution in [-0.4, -0.2) is 38.2 Å². The highest BCUT2D eigenvalue weighted by molar-refractivity contribution is 6.27. The summed E-state index contributed by atoms with van der Waals surface area (Å²) in [5.74, 6) is 0.